The molecule has 0 spiro atoms. The zero-order valence-corrected chi connectivity index (χ0v) is 12.4. The van der Waals surface area contributed by atoms with Gasteiger partial charge in [-0.2, -0.15) is 0 Å². The molecular weight excluding hydrogens is 277 g/mol. The Labute approximate surface area is 123 Å². The van der Waals surface area contributed by atoms with Crippen LogP contribution in [0, 0.1) is 5.82 Å². The smallest absolute Gasteiger partial charge is 0.410 e. The molecule has 1 fully saturated rings. The fourth-order valence-corrected chi connectivity index (χ4v) is 2.00. The molecule has 0 unspecified atom stereocenters. The van der Waals surface area contributed by atoms with Crippen molar-refractivity contribution in [3.63, 3.8) is 0 Å². The van der Waals surface area contributed by atoms with Gasteiger partial charge in [0.05, 0.1) is 18.4 Å². The summed E-state index contributed by atoms with van der Waals surface area (Å²) in [6.07, 6.45) is 1.24. The Balaban J connectivity index is 1.92. The number of nitrogens with zero attached hydrogens (tertiary/aromatic N) is 2. The van der Waals surface area contributed by atoms with Gasteiger partial charge in [-0.1, -0.05) is 0 Å². The van der Waals surface area contributed by atoms with E-state index < -0.39 is 11.4 Å². The van der Waals surface area contributed by atoms with Crippen LogP contribution in [0.4, 0.5) is 14.9 Å². The summed E-state index contributed by atoms with van der Waals surface area (Å²) >= 11 is 0. The molecule has 1 atom stereocenters. The Morgan fingerprint density at radius 1 is 1.52 bits per heavy atom. The van der Waals surface area contributed by atoms with Gasteiger partial charge >= 0.3 is 6.09 Å². The van der Waals surface area contributed by atoms with Crippen molar-refractivity contribution in [3.8, 4) is 5.88 Å². The fourth-order valence-electron chi connectivity index (χ4n) is 2.00. The molecule has 1 aliphatic heterocycles. The minimum absolute atomic E-state index is 0.0970. The Morgan fingerprint density at radius 3 is 2.86 bits per heavy atom. The quantitative estimate of drug-likeness (QED) is 0.905. The minimum Gasteiger partial charge on any atom is -0.470 e. The predicted molar refractivity (Wildman–Crippen MR) is 75.4 cm³/mol. The van der Waals surface area contributed by atoms with Crippen LogP contribution in [0.3, 0.4) is 0 Å². The van der Waals surface area contributed by atoms with Gasteiger partial charge in [-0.15, -0.1) is 0 Å². The van der Waals surface area contributed by atoms with Crippen LogP contribution in [0.5, 0.6) is 5.88 Å². The molecule has 116 valence electrons. The summed E-state index contributed by atoms with van der Waals surface area (Å²) in [4.78, 5) is 17.3. The van der Waals surface area contributed by atoms with Crippen molar-refractivity contribution >= 4 is 11.8 Å². The topological polar surface area (TPSA) is 77.7 Å². The lowest BCUT2D eigenvalue weighted by molar-refractivity contribution is 0.0274. The first kappa shape index (κ1) is 15.3. The fraction of sp³-hybridized carbons (Fsp3) is 0.571. The average Bonchev–Trinajstić information content (AvgIpc) is 2.79. The van der Waals surface area contributed by atoms with Gasteiger partial charge in [-0.25, -0.2) is 14.2 Å². The maximum absolute atomic E-state index is 13.6. The van der Waals surface area contributed by atoms with E-state index >= 15 is 0 Å². The molecule has 0 radical (unpaired) electrons. The largest absolute Gasteiger partial charge is 0.470 e. The molecule has 0 aromatic carbocycles. The normalized spacial score (nSPS) is 18.7. The van der Waals surface area contributed by atoms with E-state index in [9.17, 15) is 9.18 Å². The summed E-state index contributed by atoms with van der Waals surface area (Å²) in [6.45, 7) is 6.28. The van der Waals surface area contributed by atoms with E-state index in [1.807, 2.05) is 20.8 Å². The van der Waals surface area contributed by atoms with Gasteiger partial charge < -0.3 is 20.1 Å². The monoisotopic (exact) mass is 297 g/mol. The van der Waals surface area contributed by atoms with Crippen LogP contribution in [0.25, 0.3) is 0 Å². The zero-order valence-electron chi connectivity index (χ0n) is 12.4. The molecule has 2 heterocycles. The molecule has 7 heteroatoms. The Kier molecular flexibility index (Phi) is 4.20. The van der Waals surface area contributed by atoms with Gasteiger partial charge in [0, 0.05) is 19.0 Å². The SMILES string of the molecule is CC(C)(C)OC(=O)N1CC[C@H](Oc2ncc(N)cc2F)C1. The second kappa shape index (κ2) is 5.75. The third kappa shape index (κ3) is 4.21. The highest BCUT2D eigenvalue weighted by Crippen LogP contribution is 2.22. The minimum atomic E-state index is -0.606. The maximum Gasteiger partial charge on any atom is 0.410 e. The van der Waals surface area contributed by atoms with Crippen LogP contribution in [-0.2, 0) is 4.74 Å². The van der Waals surface area contributed by atoms with Crippen LogP contribution in [0.2, 0.25) is 0 Å². The highest BCUT2D eigenvalue weighted by Gasteiger charge is 2.31. The van der Waals surface area contributed by atoms with E-state index in [2.05, 4.69) is 4.98 Å². The number of carbonyl (C=O) groups excluding carboxylic acids is 1. The number of amides is 1. The average molecular weight is 297 g/mol. The molecule has 1 aromatic rings. The lowest BCUT2D eigenvalue weighted by Gasteiger charge is -2.24. The van der Waals surface area contributed by atoms with E-state index in [0.29, 0.717) is 19.5 Å². The van der Waals surface area contributed by atoms with Crippen molar-refractivity contribution in [3.05, 3.63) is 18.1 Å². The predicted octanol–water partition coefficient (Wildman–Crippen LogP) is 2.19. The molecule has 2 rings (SSSR count). The van der Waals surface area contributed by atoms with Crippen LogP contribution in [-0.4, -0.2) is 40.8 Å². The number of likely N-dealkylation sites (tertiary alicyclic amines) is 1. The highest BCUT2D eigenvalue weighted by molar-refractivity contribution is 5.68. The van der Waals surface area contributed by atoms with Crippen molar-refractivity contribution in [1.82, 2.24) is 9.88 Å². The van der Waals surface area contributed by atoms with Gasteiger partial charge in [-0.3, -0.25) is 0 Å². The Morgan fingerprint density at radius 2 is 2.24 bits per heavy atom. The number of aromatic nitrogens is 1. The Hall–Kier alpha value is -2.05. The number of hydrogen-bond donors (Lipinski definition) is 1. The van der Waals surface area contributed by atoms with Gasteiger partial charge in [-0.05, 0) is 20.8 Å². The van der Waals surface area contributed by atoms with E-state index in [4.69, 9.17) is 15.2 Å². The number of pyridine rings is 1. The van der Waals surface area contributed by atoms with Crippen molar-refractivity contribution in [2.24, 2.45) is 0 Å². The lowest BCUT2D eigenvalue weighted by Crippen LogP contribution is -2.36. The molecule has 1 aliphatic rings. The van der Waals surface area contributed by atoms with E-state index in [1.165, 1.54) is 6.20 Å². The lowest BCUT2D eigenvalue weighted by atomic mass is 10.2. The van der Waals surface area contributed by atoms with Crippen molar-refractivity contribution in [1.29, 1.82) is 0 Å². The first-order valence-corrected chi connectivity index (χ1v) is 6.80. The second-order valence-corrected chi connectivity index (χ2v) is 6.01. The van der Waals surface area contributed by atoms with E-state index in [-0.39, 0.29) is 23.8 Å². The molecule has 1 saturated heterocycles. The first-order valence-electron chi connectivity index (χ1n) is 6.80. The molecule has 0 bridgehead atoms. The number of halogens is 1. The molecule has 6 nitrogen and oxygen atoms in total. The van der Waals surface area contributed by atoms with Gasteiger partial charge in [0.2, 0.25) is 0 Å². The van der Waals surface area contributed by atoms with Crippen LogP contribution < -0.4 is 10.5 Å². The number of nitrogen functional groups attached to an aromatic ring is 1. The first-order chi connectivity index (χ1) is 9.74. The van der Waals surface area contributed by atoms with Crippen molar-refractivity contribution in [2.75, 3.05) is 18.8 Å². The van der Waals surface area contributed by atoms with E-state index in [0.717, 1.165) is 6.07 Å². The number of carbonyl (C=O) groups is 1. The zero-order chi connectivity index (χ0) is 15.6. The molecule has 0 aliphatic carbocycles. The summed E-state index contributed by atoms with van der Waals surface area (Å²) in [5.74, 6) is -0.703. The summed E-state index contributed by atoms with van der Waals surface area (Å²) in [5.41, 5.74) is 5.13. The number of ether oxygens (including phenoxy) is 2. The van der Waals surface area contributed by atoms with Crippen LogP contribution in [0.15, 0.2) is 12.3 Å². The van der Waals surface area contributed by atoms with Crippen LogP contribution in [0.1, 0.15) is 27.2 Å². The highest BCUT2D eigenvalue weighted by atomic mass is 19.1. The number of rotatable bonds is 2. The van der Waals surface area contributed by atoms with Crippen molar-refractivity contribution < 1.29 is 18.7 Å². The number of nitrogens with two attached hydrogens (primary N) is 1. The third-order valence-corrected chi connectivity index (χ3v) is 2.90. The molecule has 1 amide bonds. The van der Waals surface area contributed by atoms with Crippen molar-refractivity contribution in [2.45, 2.75) is 38.9 Å². The summed E-state index contributed by atoms with van der Waals surface area (Å²) in [5, 5.41) is 0. The Bertz CT molecular complexity index is 531. The van der Waals surface area contributed by atoms with Crippen LogP contribution >= 0.6 is 0 Å². The number of hydrogen-bond acceptors (Lipinski definition) is 5. The van der Waals surface area contributed by atoms with Gasteiger partial charge in [0.15, 0.2) is 5.82 Å². The van der Waals surface area contributed by atoms with Gasteiger partial charge in [0.1, 0.15) is 11.7 Å². The van der Waals surface area contributed by atoms with Gasteiger partial charge in [0.25, 0.3) is 5.88 Å². The summed E-state index contributed by atoms with van der Waals surface area (Å²) in [6, 6.07) is 1.16. The number of anilines is 1. The molecular formula is C14H20FN3O3. The maximum atomic E-state index is 13.6. The molecule has 0 saturated carbocycles. The second-order valence-electron chi connectivity index (χ2n) is 6.01. The standard InChI is InChI=1S/C14H20FN3O3/c1-14(2,3)21-13(19)18-5-4-10(8-18)20-12-11(15)6-9(16)7-17-12/h6-7,10H,4-5,8,16H2,1-3H3/t10-/m0/s1. The summed E-state index contributed by atoms with van der Waals surface area (Å²) < 4.78 is 24.4. The van der Waals surface area contributed by atoms with E-state index in [1.54, 1.807) is 4.90 Å². The third-order valence-electron chi connectivity index (χ3n) is 2.90. The molecule has 21 heavy (non-hydrogen) atoms. The molecule has 2 N–H and O–H groups in total. The summed E-state index contributed by atoms with van der Waals surface area (Å²) in [7, 11) is 0. The molecule has 1 aromatic heterocycles.